The first-order chi connectivity index (χ1) is 12.3. The summed E-state index contributed by atoms with van der Waals surface area (Å²) in [5.74, 6) is 0.476. The molecule has 1 amide bonds. The lowest BCUT2D eigenvalue weighted by molar-refractivity contribution is -0.121. The van der Waals surface area contributed by atoms with Crippen molar-refractivity contribution in [3.8, 4) is 5.75 Å². The summed E-state index contributed by atoms with van der Waals surface area (Å²) in [6.45, 7) is 2.25. The molecule has 0 fully saturated rings. The van der Waals surface area contributed by atoms with Crippen LogP contribution in [-0.2, 0) is 21.4 Å². The van der Waals surface area contributed by atoms with Crippen molar-refractivity contribution in [2.45, 2.75) is 19.9 Å². The molecular formula is C19H24N2O4S. The first-order valence-electron chi connectivity index (χ1n) is 8.25. The zero-order chi connectivity index (χ0) is 19.2. The van der Waals surface area contributed by atoms with Crippen LogP contribution in [0.3, 0.4) is 0 Å². The Hall–Kier alpha value is -2.54. The molecule has 7 heteroatoms. The molecule has 26 heavy (non-hydrogen) atoms. The normalized spacial score (nSPS) is 11.0. The Kier molecular flexibility index (Phi) is 6.63. The third-order valence-corrected chi connectivity index (χ3v) is 5.17. The Labute approximate surface area is 154 Å². The van der Waals surface area contributed by atoms with Gasteiger partial charge in [-0.25, -0.2) is 8.42 Å². The summed E-state index contributed by atoms with van der Waals surface area (Å²) < 4.78 is 30.8. The highest BCUT2D eigenvalue weighted by Crippen LogP contribution is 2.22. The molecule has 2 aromatic carbocycles. The number of anilines is 1. The third-order valence-electron chi connectivity index (χ3n) is 3.99. The molecule has 0 radical (unpaired) electrons. The fourth-order valence-corrected chi connectivity index (χ4v) is 3.63. The monoisotopic (exact) mass is 376 g/mol. The lowest BCUT2D eigenvalue weighted by Gasteiger charge is -2.24. The maximum Gasteiger partial charge on any atom is 0.232 e. The molecule has 0 aromatic heterocycles. The van der Waals surface area contributed by atoms with Crippen molar-refractivity contribution in [3.05, 3.63) is 59.7 Å². The van der Waals surface area contributed by atoms with E-state index in [1.165, 1.54) is 4.31 Å². The van der Waals surface area contributed by atoms with Gasteiger partial charge in [0.05, 0.1) is 19.1 Å². The lowest BCUT2D eigenvalue weighted by Crippen LogP contribution is -2.35. The van der Waals surface area contributed by atoms with E-state index in [9.17, 15) is 13.2 Å². The maximum atomic E-state index is 12.2. The van der Waals surface area contributed by atoms with Crippen LogP contribution in [0.1, 0.15) is 17.5 Å². The van der Waals surface area contributed by atoms with Gasteiger partial charge >= 0.3 is 0 Å². The largest absolute Gasteiger partial charge is 0.496 e. The van der Waals surface area contributed by atoms with Gasteiger partial charge in [0, 0.05) is 25.1 Å². The summed E-state index contributed by atoms with van der Waals surface area (Å²) >= 11 is 0. The fourth-order valence-electron chi connectivity index (χ4n) is 2.64. The Morgan fingerprint density at radius 3 is 2.42 bits per heavy atom. The molecule has 0 saturated carbocycles. The SMILES string of the molecule is COc1ccccc1CNC(=O)CCN(c1ccccc1C)S(C)(=O)=O. The number of sulfonamides is 1. The van der Waals surface area contributed by atoms with Crippen molar-refractivity contribution in [1.82, 2.24) is 5.32 Å². The molecular weight excluding hydrogens is 352 g/mol. The summed E-state index contributed by atoms with van der Waals surface area (Å²) in [7, 11) is -1.90. The van der Waals surface area contributed by atoms with Crippen LogP contribution in [0.2, 0.25) is 0 Å². The molecule has 6 nitrogen and oxygen atoms in total. The van der Waals surface area contributed by atoms with Gasteiger partial charge in [-0.15, -0.1) is 0 Å². The first kappa shape index (κ1) is 19.8. The third kappa shape index (κ3) is 5.23. The average Bonchev–Trinajstić information content (AvgIpc) is 2.60. The van der Waals surface area contributed by atoms with Crippen molar-refractivity contribution in [2.75, 3.05) is 24.2 Å². The van der Waals surface area contributed by atoms with Crippen LogP contribution < -0.4 is 14.4 Å². The van der Waals surface area contributed by atoms with Gasteiger partial charge < -0.3 is 10.1 Å². The first-order valence-corrected chi connectivity index (χ1v) is 10.1. The summed E-state index contributed by atoms with van der Waals surface area (Å²) in [5.41, 5.74) is 2.29. The van der Waals surface area contributed by atoms with E-state index in [1.54, 1.807) is 19.2 Å². The molecule has 0 aliphatic carbocycles. The molecule has 0 heterocycles. The van der Waals surface area contributed by atoms with Gasteiger partial charge in [0.15, 0.2) is 0 Å². The van der Waals surface area contributed by atoms with Crippen LogP contribution in [0, 0.1) is 6.92 Å². The van der Waals surface area contributed by atoms with Gasteiger partial charge in [-0.05, 0) is 24.6 Å². The summed E-state index contributed by atoms with van der Waals surface area (Å²) in [6, 6.07) is 14.6. The lowest BCUT2D eigenvalue weighted by atomic mass is 10.2. The zero-order valence-corrected chi connectivity index (χ0v) is 16.0. The minimum atomic E-state index is -3.48. The van der Waals surface area contributed by atoms with Gasteiger partial charge in [-0.1, -0.05) is 36.4 Å². The minimum Gasteiger partial charge on any atom is -0.496 e. The molecule has 2 rings (SSSR count). The summed E-state index contributed by atoms with van der Waals surface area (Å²) in [6.07, 6.45) is 1.21. The number of hydrogen-bond acceptors (Lipinski definition) is 4. The van der Waals surface area contributed by atoms with Gasteiger partial charge in [0.1, 0.15) is 5.75 Å². The number of aryl methyl sites for hydroxylation is 1. The second-order valence-electron chi connectivity index (χ2n) is 5.96. The van der Waals surface area contributed by atoms with E-state index in [0.717, 1.165) is 17.4 Å². The Balaban J connectivity index is 2.01. The predicted molar refractivity (Wildman–Crippen MR) is 103 cm³/mol. The highest BCUT2D eigenvalue weighted by atomic mass is 32.2. The number of nitrogens with one attached hydrogen (secondary N) is 1. The highest BCUT2D eigenvalue weighted by Gasteiger charge is 2.20. The molecule has 1 N–H and O–H groups in total. The van der Waals surface area contributed by atoms with Crippen LogP contribution >= 0.6 is 0 Å². The van der Waals surface area contributed by atoms with Crippen LogP contribution in [0.5, 0.6) is 5.75 Å². The Morgan fingerprint density at radius 2 is 1.77 bits per heavy atom. The smallest absolute Gasteiger partial charge is 0.232 e. The van der Waals surface area contributed by atoms with E-state index >= 15 is 0 Å². The standard InChI is InChI=1S/C19H24N2O4S/c1-15-8-4-6-10-17(15)21(26(3,23)24)13-12-19(22)20-14-16-9-5-7-11-18(16)25-2/h4-11H,12-14H2,1-3H3,(H,20,22). The molecule has 2 aromatic rings. The predicted octanol–water partition coefficient (Wildman–Crippen LogP) is 2.48. The molecule has 0 saturated heterocycles. The quantitative estimate of drug-likeness (QED) is 0.768. The van der Waals surface area contributed by atoms with E-state index in [-0.39, 0.29) is 18.9 Å². The van der Waals surface area contributed by atoms with Crippen LogP contribution in [-0.4, -0.2) is 34.2 Å². The maximum absolute atomic E-state index is 12.2. The highest BCUT2D eigenvalue weighted by molar-refractivity contribution is 7.92. The Bertz CT molecular complexity index is 865. The van der Waals surface area contributed by atoms with Gasteiger partial charge in [-0.3, -0.25) is 9.10 Å². The van der Waals surface area contributed by atoms with Crippen molar-refractivity contribution in [1.29, 1.82) is 0 Å². The van der Waals surface area contributed by atoms with Crippen molar-refractivity contribution in [2.24, 2.45) is 0 Å². The van der Waals surface area contributed by atoms with E-state index in [1.807, 2.05) is 43.3 Å². The Morgan fingerprint density at radius 1 is 1.12 bits per heavy atom. The number of carbonyl (C=O) groups is 1. The number of hydrogen-bond donors (Lipinski definition) is 1. The molecule has 0 atom stereocenters. The summed E-state index contributed by atoms with van der Waals surface area (Å²) in [4.78, 5) is 12.2. The number of carbonyl (C=O) groups excluding carboxylic acids is 1. The van der Waals surface area contributed by atoms with Crippen molar-refractivity contribution in [3.63, 3.8) is 0 Å². The minimum absolute atomic E-state index is 0.0660. The van der Waals surface area contributed by atoms with Crippen LogP contribution in [0.15, 0.2) is 48.5 Å². The van der Waals surface area contributed by atoms with Gasteiger partial charge in [0.25, 0.3) is 0 Å². The number of benzene rings is 2. The van der Waals surface area contributed by atoms with Crippen molar-refractivity contribution < 1.29 is 17.9 Å². The molecule has 140 valence electrons. The van der Waals surface area contributed by atoms with E-state index in [2.05, 4.69) is 5.32 Å². The fraction of sp³-hybridized carbons (Fsp3) is 0.316. The number of methoxy groups -OCH3 is 1. The number of amides is 1. The van der Waals surface area contributed by atoms with Crippen LogP contribution in [0.4, 0.5) is 5.69 Å². The zero-order valence-electron chi connectivity index (χ0n) is 15.2. The van der Waals surface area contributed by atoms with Crippen LogP contribution in [0.25, 0.3) is 0 Å². The van der Waals surface area contributed by atoms with Gasteiger partial charge in [-0.2, -0.15) is 0 Å². The van der Waals surface area contributed by atoms with Crippen molar-refractivity contribution >= 4 is 21.6 Å². The molecule has 0 aliphatic rings. The topological polar surface area (TPSA) is 75.7 Å². The molecule has 0 aliphatic heterocycles. The second-order valence-corrected chi connectivity index (χ2v) is 7.87. The summed E-state index contributed by atoms with van der Waals surface area (Å²) in [5, 5.41) is 2.81. The molecule has 0 bridgehead atoms. The molecule has 0 unspecified atom stereocenters. The number of para-hydroxylation sites is 2. The van der Waals surface area contributed by atoms with E-state index < -0.39 is 10.0 Å². The average molecular weight is 376 g/mol. The number of nitrogens with zero attached hydrogens (tertiary/aromatic N) is 1. The van der Waals surface area contributed by atoms with Gasteiger partial charge in [0.2, 0.25) is 15.9 Å². The van der Waals surface area contributed by atoms with E-state index in [0.29, 0.717) is 18.0 Å². The number of rotatable bonds is 8. The second kappa shape index (κ2) is 8.71. The van der Waals surface area contributed by atoms with E-state index in [4.69, 9.17) is 4.74 Å². The molecule has 0 spiro atoms. The number of ether oxygens (including phenoxy) is 1.